The molecule has 0 aliphatic carbocycles. The lowest BCUT2D eigenvalue weighted by atomic mass is 10.2. The molecule has 154 valence electrons. The molecule has 0 atom stereocenters. The molecule has 0 saturated carbocycles. The number of carbonyl (C=O) groups excluding carboxylic acids is 1. The normalized spacial score (nSPS) is 12.1. The van der Waals surface area contributed by atoms with Gasteiger partial charge < -0.3 is 25.7 Å². The first kappa shape index (κ1) is 21.5. The lowest BCUT2D eigenvalue weighted by Crippen LogP contribution is -2.39. The Labute approximate surface area is 166 Å². The number of nitrogens with zero attached hydrogens (tertiary/aromatic N) is 2. The molecule has 4 N–H and O–H groups in total. The second-order valence-corrected chi connectivity index (χ2v) is 7.51. The lowest BCUT2D eigenvalue weighted by Gasteiger charge is -2.19. The van der Waals surface area contributed by atoms with Crippen molar-refractivity contribution in [3.05, 3.63) is 30.1 Å². The number of hydrogen-bond acceptors (Lipinski definition) is 4. The number of amides is 1. The molecule has 1 aromatic heterocycles. The van der Waals surface area contributed by atoms with Gasteiger partial charge in [0.2, 0.25) is 0 Å². The van der Waals surface area contributed by atoms with E-state index in [0.717, 1.165) is 48.6 Å². The van der Waals surface area contributed by atoms with Crippen LogP contribution in [0.2, 0.25) is 0 Å². The zero-order chi connectivity index (χ0) is 20.4. The highest BCUT2D eigenvalue weighted by Crippen LogP contribution is 2.11. The van der Waals surface area contributed by atoms with E-state index in [9.17, 15) is 4.79 Å². The molecule has 8 heteroatoms. The van der Waals surface area contributed by atoms with Crippen molar-refractivity contribution in [2.24, 2.45) is 4.99 Å². The van der Waals surface area contributed by atoms with Crippen molar-refractivity contribution in [1.29, 1.82) is 0 Å². The van der Waals surface area contributed by atoms with E-state index in [1.54, 1.807) is 7.05 Å². The fraction of sp³-hybridized carbons (Fsp3) is 0.550. The summed E-state index contributed by atoms with van der Waals surface area (Å²) in [6.45, 7) is 7.59. The van der Waals surface area contributed by atoms with Crippen LogP contribution >= 0.6 is 0 Å². The van der Waals surface area contributed by atoms with Crippen LogP contribution in [0.5, 0.6) is 0 Å². The number of aryl methyl sites for hydroxylation is 1. The Morgan fingerprint density at radius 2 is 1.79 bits per heavy atom. The zero-order valence-corrected chi connectivity index (χ0v) is 17.3. The number of aromatic nitrogens is 2. The van der Waals surface area contributed by atoms with Gasteiger partial charge in [-0.2, -0.15) is 0 Å². The molecule has 0 aliphatic heterocycles. The molecule has 0 saturated heterocycles. The fourth-order valence-corrected chi connectivity index (χ4v) is 2.61. The van der Waals surface area contributed by atoms with Crippen LogP contribution in [0.15, 0.2) is 29.3 Å². The third-order valence-electron chi connectivity index (χ3n) is 3.86. The van der Waals surface area contributed by atoms with Crippen molar-refractivity contribution in [1.82, 2.24) is 25.9 Å². The monoisotopic (exact) mass is 388 g/mol. The van der Waals surface area contributed by atoms with Crippen LogP contribution in [0.1, 0.15) is 39.4 Å². The Morgan fingerprint density at radius 3 is 2.46 bits per heavy atom. The number of fused-ring (bicyclic) bond motifs is 1. The topological polar surface area (TPSA) is 103 Å². The summed E-state index contributed by atoms with van der Waals surface area (Å²) in [6.07, 6.45) is 2.21. The average Bonchev–Trinajstić information content (AvgIpc) is 3.04. The highest BCUT2D eigenvalue weighted by Gasteiger charge is 2.15. The number of benzene rings is 1. The van der Waals surface area contributed by atoms with E-state index < -0.39 is 5.60 Å². The quantitative estimate of drug-likeness (QED) is 0.316. The van der Waals surface area contributed by atoms with Crippen LogP contribution in [0.4, 0.5) is 4.79 Å². The van der Waals surface area contributed by atoms with E-state index in [1.165, 1.54) is 0 Å². The number of ether oxygens (including phenoxy) is 1. The summed E-state index contributed by atoms with van der Waals surface area (Å²) < 4.78 is 5.19. The standard InChI is InChI=1S/C20H32N6O2/c1-20(2,3)28-19(27)24-14-8-13-23-18(21-4)22-12-7-11-17-25-15-9-5-6-10-16(15)26-17/h5-6,9-10H,7-8,11-14H2,1-4H3,(H,24,27)(H,25,26)(H2,21,22,23). The number of aliphatic imine (C=N–C) groups is 1. The summed E-state index contributed by atoms with van der Waals surface area (Å²) in [5, 5.41) is 9.26. The van der Waals surface area contributed by atoms with Gasteiger partial charge in [-0.1, -0.05) is 12.1 Å². The SMILES string of the molecule is CN=C(NCCCNC(=O)OC(C)(C)C)NCCCc1nc2ccccc2[nH]1. The minimum atomic E-state index is -0.476. The highest BCUT2D eigenvalue weighted by molar-refractivity contribution is 5.79. The van der Waals surface area contributed by atoms with Gasteiger partial charge in [0, 0.05) is 33.1 Å². The van der Waals surface area contributed by atoms with E-state index in [4.69, 9.17) is 4.74 Å². The molecule has 2 aromatic rings. The molecule has 1 heterocycles. The molecule has 28 heavy (non-hydrogen) atoms. The van der Waals surface area contributed by atoms with Crippen molar-refractivity contribution in [2.45, 2.75) is 45.6 Å². The number of guanidine groups is 1. The van der Waals surface area contributed by atoms with Crippen molar-refractivity contribution >= 4 is 23.1 Å². The molecule has 0 spiro atoms. The Bertz CT molecular complexity index is 745. The van der Waals surface area contributed by atoms with Crippen LogP contribution < -0.4 is 16.0 Å². The Morgan fingerprint density at radius 1 is 1.11 bits per heavy atom. The second kappa shape index (κ2) is 10.5. The summed E-state index contributed by atoms with van der Waals surface area (Å²) in [6, 6.07) is 8.04. The summed E-state index contributed by atoms with van der Waals surface area (Å²) in [5.74, 6) is 1.75. The van der Waals surface area contributed by atoms with Gasteiger partial charge in [0.25, 0.3) is 0 Å². The summed E-state index contributed by atoms with van der Waals surface area (Å²) in [5.41, 5.74) is 1.60. The molecule has 0 bridgehead atoms. The van der Waals surface area contributed by atoms with Crippen molar-refractivity contribution in [3.63, 3.8) is 0 Å². The maximum Gasteiger partial charge on any atom is 0.407 e. The molecule has 0 radical (unpaired) electrons. The van der Waals surface area contributed by atoms with Gasteiger partial charge in [0.05, 0.1) is 11.0 Å². The van der Waals surface area contributed by atoms with Crippen LogP contribution in [0, 0.1) is 0 Å². The zero-order valence-electron chi connectivity index (χ0n) is 17.3. The number of nitrogens with one attached hydrogen (secondary N) is 4. The lowest BCUT2D eigenvalue weighted by molar-refractivity contribution is 0.0527. The van der Waals surface area contributed by atoms with Crippen molar-refractivity contribution < 1.29 is 9.53 Å². The van der Waals surface area contributed by atoms with Gasteiger partial charge >= 0.3 is 6.09 Å². The first-order chi connectivity index (χ1) is 13.4. The minimum absolute atomic E-state index is 0.388. The molecule has 1 aromatic carbocycles. The van der Waals surface area contributed by atoms with Gasteiger partial charge in [-0.3, -0.25) is 4.99 Å². The summed E-state index contributed by atoms with van der Waals surface area (Å²) in [4.78, 5) is 23.7. The molecule has 0 aliphatic rings. The van der Waals surface area contributed by atoms with Gasteiger partial charge in [0.15, 0.2) is 5.96 Å². The molecule has 2 rings (SSSR count). The van der Waals surface area contributed by atoms with Crippen molar-refractivity contribution in [3.8, 4) is 0 Å². The van der Waals surface area contributed by atoms with Crippen LogP contribution in [0.3, 0.4) is 0 Å². The van der Waals surface area contributed by atoms with Crippen molar-refractivity contribution in [2.75, 3.05) is 26.7 Å². The number of H-pyrrole nitrogens is 1. The Hall–Kier alpha value is -2.77. The van der Waals surface area contributed by atoms with E-state index in [2.05, 4.69) is 30.9 Å². The fourth-order valence-electron chi connectivity index (χ4n) is 2.61. The first-order valence-corrected chi connectivity index (χ1v) is 9.72. The van der Waals surface area contributed by atoms with E-state index in [-0.39, 0.29) is 6.09 Å². The van der Waals surface area contributed by atoms with Crippen LogP contribution in [-0.4, -0.2) is 54.3 Å². The second-order valence-electron chi connectivity index (χ2n) is 7.51. The number of rotatable bonds is 8. The summed E-state index contributed by atoms with van der Waals surface area (Å²) >= 11 is 0. The Kier molecular flexibility index (Phi) is 8.10. The number of carbonyl (C=O) groups is 1. The molecule has 0 unspecified atom stereocenters. The van der Waals surface area contributed by atoms with Gasteiger partial charge in [-0.15, -0.1) is 0 Å². The molecular formula is C20H32N6O2. The van der Waals surface area contributed by atoms with E-state index >= 15 is 0 Å². The number of hydrogen-bond donors (Lipinski definition) is 4. The third-order valence-corrected chi connectivity index (χ3v) is 3.86. The van der Waals surface area contributed by atoms with Gasteiger partial charge in [-0.05, 0) is 45.7 Å². The average molecular weight is 389 g/mol. The Balaban J connectivity index is 1.57. The molecule has 8 nitrogen and oxygen atoms in total. The molecule has 1 amide bonds. The maximum absolute atomic E-state index is 11.6. The predicted molar refractivity (Wildman–Crippen MR) is 113 cm³/mol. The number of imidazole rings is 1. The van der Waals surface area contributed by atoms with E-state index in [0.29, 0.717) is 13.1 Å². The molecular weight excluding hydrogens is 356 g/mol. The van der Waals surface area contributed by atoms with Gasteiger partial charge in [0.1, 0.15) is 11.4 Å². The number of alkyl carbamates (subject to hydrolysis) is 1. The summed E-state index contributed by atoms with van der Waals surface area (Å²) in [7, 11) is 1.74. The number of para-hydroxylation sites is 2. The van der Waals surface area contributed by atoms with Crippen LogP contribution in [-0.2, 0) is 11.2 Å². The predicted octanol–water partition coefficient (Wildman–Crippen LogP) is 2.58. The molecule has 0 fully saturated rings. The first-order valence-electron chi connectivity index (χ1n) is 9.72. The van der Waals surface area contributed by atoms with Crippen LogP contribution in [0.25, 0.3) is 11.0 Å². The smallest absolute Gasteiger partial charge is 0.407 e. The van der Waals surface area contributed by atoms with Gasteiger partial charge in [-0.25, -0.2) is 9.78 Å². The van der Waals surface area contributed by atoms with E-state index in [1.807, 2.05) is 45.0 Å². The third kappa shape index (κ3) is 7.85. The maximum atomic E-state index is 11.6. The highest BCUT2D eigenvalue weighted by atomic mass is 16.6. The number of aromatic amines is 1. The largest absolute Gasteiger partial charge is 0.444 e. The minimum Gasteiger partial charge on any atom is -0.444 e.